The third-order valence-corrected chi connectivity index (χ3v) is 9.48. The summed E-state index contributed by atoms with van der Waals surface area (Å²) >= 11 is 0. The first-order valence-electron chi connectivity index (χ1n) is 16.9. The molecular weight excluding hydrogens is 820 g/mol. The highest BCUT2D eigenvalue weighted by Crippen LogP contribution is 2.42. The Morgan fingerprint density at radius 3 is 0.733 bits per heavy atom. The first-order valence-corrected chi connectivity index (χ1v) is 16.9. The third-order valence-electron chi connectivity index (χ3n) is 9.48. The van der Waals surface area contributed by atoms with E-state index < -0.39 is 138 Å². The normalized spacial score (nSPS) is 12.2. The Hall–Kier alpha value is -7.64. The topological polar surface area (TPSA) is 109 Å². The molecule has 0 aliphatic carbocycles. The lowest BCUT2D eigenvalue weighted by molar-refractivity contribution is 0.468. The first kappa shape index (κ1) is 37.9. The second-order valence-corrected chi connectivity index (χ2v) is 12.8. The number of pyridine rings is 4. The molecule has 0 atom stereocenters. The number of aromatic nitrogens is 8. The largest absolute Gasteiger partial charge is 0.354 e. The zero-order chi connectivity index (χ0) is 42.3. The fraction of sp³-hybridized carbons (Fsp3) is 0. The minimum Gasteiger partial charge on any atom is -0.354 e. The number of nitrogens with one attached hydrogen (secondary N) is 2. The Labute approximate surface area is 325 Å². The standard InChI is InChI=1S/C40H14F12N8/c41-13-9-53-37(49)33(45)25(13)29-17-1-2-18(57-17)30(26-14(42)10-54-38(50)34(26)46)20-5-6-22(59-20)32(28-16(44)12-56-40(52)36(28)48)24-8-7-23(60-24)31(21-4-3-19(29)58-21)27-15(43)11-55-39(51)35(27)47/h1-12,57,60H. The second-order valence-electron chi connectivity index (χ2n) is 12.8. The van der Waals surface area contributed by atoms with E-state index in [0.29, 0.717) is 24.8 Å². The van der Waals surface area contributed by atoms with E-state index in [1.165, 1.54) is 0 Å². The molecule has 2 aliphatic rings. The highest BCUT2D eigenvalue weighted by Gasteiger charge is 2.29. The van der Waals surface area contributed by atoms with Crippen molar-refractivity contribution in [2.45, 2.75) is 0 Å². The van der Waals surface area contributed by atoms with Crippen molar-refractivity contribution in [2.75, 3.05) is 0 Å². The van der Waals surface area contributed by atoms with Gasteiger partial charge in [0.15, 0.2) is 46.5 Å². The summed E-state index contributed by atoms with van der Waals surface area (Å²) in [4.78, 5) is 26.2. The summed E-state index contributed by atoms with van der Waals surface area (Å²) in [5.74, 6) is -20.3. The minimum atomic E-state index is -1.85. The van der Waals surface area contributed by atoms with Gasteiger partial charge < -0.3 is 9.97 Å². The van der Waals surface area contributed by atoms with Crippen LogP contribution >= 0.6 is 0 Å². The Kier molecular flexibility index (Phi) is 8.86. The van der Waals surface area contributed by atoms with Crippen molar-refractivity contribution in [1.82, 2.24) is 39.9 Å². The molecule has 20 heteroatoms. The van der Waals surface area contributed by atoms with Crippen LogP contribution in [0.25, 0.3) is 90.9 Å². The monoisotopic (exact) mass is 834 g/mol. The maximum atomic E-state index is 15.7. The number of fused-ring (bicyclic) bond motifs is 8. The molecule has 0 saturated carbocycles. The Morgan fingerprint density at radius 1 is 0.300 bits per heavy atom. The van der Waals surface area contributed by atoms with Crippen LogP contribution in [-0.2, 0) is 0 Å². The van der Waals surface area contributed by atoms with Crippen LogP contribution in [0.5, 0.6) is 0 Å². The van der Waals surface area contributed by atoms with Crippen LogP contribution in [-0.4, -0.2) is 39.9 Å². The summed E-state index contributed by atoms with van der Waals surface area (Å²) in [6.45, 7) is 0. The van der Waals surface area contributed by atoms with Crippen molar-refractivity contribution < 1.29 is 52.7 Å². The number of rotatable bonds is 4. The molecule has 0 saturated heterocycles. The van der Waals surface area contributed by atoms with Crippen LogP contribution < -0.4 is 0 Å². The van der Waals surface area contributed by atoms with Gasteiger partial charge in [-0.25, -0.2) is 65.0 Å². The molecular formula is C40H14F12N8. The molecule has 0 radical (unpaired) electrons. The number of hydrogen-bond donors (Lipinski definition) is 2. The van der Waals surface area contributed by atoms with E-state index in [4.69, 9.17) is 0 Å². The molecule has 8 bridgehead atoms. The van der Waals surface area contributed by atoms with E-state index in [1.54, 1.807) is 0 Å². The van der Waals surface area contributed by atoms with Gasteiger partial charge in [-0.15, -0.1) is 0 Å². The van der Waals surface area contributed by atoms with E-state index in [9.17, 15) is 17.6 Å². The van der Waals surface area contributed by atoms with E-state index in [-0.39, 0.29) is 22.1 Å². The zero-order valence-electron chi connectivity index (χ0n) is 29.1. The summed E-state index contributed by atoms with van der Waals surface area (Å²) in [7, 11) is 0. The number of nitrogens with zero attached hydrogens (tertiary/aromatic N) is 6. The second kappa shape index (κ2) is 14.0. The van der Waals surface area contributed by atoms with Crippen molar-refractivity contribution >= 4 is 46.4 Å². The molecule has 0 fully saturated rings. The number of aromatic amines is 2. The average Bonchev–Trinajstić information content (AvgIpc) is 4.07. The molecule has 0 amide bonds. The highest BCUT2D eigenvalue weighted by atomic mass is 19.2. The van der Waals surface area contributed by atoms with Gasteiger partial charge in [0.25, 0.3) is 0 Å². The molecule has 2 aliphatic heterocycles. The van der Waals surface area contributed by atoms with Gasteiger partial charge in [-0.05, 0) is 48.6 Å². The Balaban J connectivity index is 1.56. The zero-order valence-corrected chi connectivity index (χ0v) is 29.1. The van der Waals surface area contributed by atoms with Crippen LogP contribution in [0.15, 0.2) is 49.1 Å². The van der Waals surface area contributed by atoms with Crippen LogP contribution in [0.4, 0.5) is 52.7 Å². The molecule has 8 nitrogen and oxygen atoms in total. The Bertz CT molecular complexity index is 2850. The SMILES string of the molecule is Fc1cnc(F)c(F)c1-c1c2nc(c(-c3c(F)cnc(F)c3F)c3ccc([nH]3)c(-c3c(F)cnc(F)c3F)c3nc(c(-c4c(F)cnc(F)c4F)c4ccc1[nH]4)C=C3)C=C2. The third kappa shape index (κ3) is 5.89. The minimum absolute atomic E-state index is 0.335. The van der Waals surface area contributed by atoms with Crippen molar-refractivity contribution in [3.05, 3.63) is 142 Å². The van der Waals surface area contributed by atoms with E-state index in [2.05, 4.69) is 39.9 Å². The van der Waals surface area contributed by atoms with Gasteiger partial charge in [0.1, 0.15) is 0 Å². The lowest BCUT2D eigenvalue weighted by atomic mass is 10.0. The summed E-state index contributed by atoms with van der Waals surface area (Å²) < 4.78 is 184. The van der Waals surface area contributed by atoms with Crippen LogP contribution in [0.3, 0.4) is 0 Å². The molecule has 9 heterocycles. The van der Waals surface area contributed by atoms with Crippen molar-refractivity contribution in [3.63, 3.8) is 0 Å². The molecule has 0 spiro atoms. The summed E-state index contributed by atoms with van der Waals surface area (Å²) in [5, 5.41) is 0. The lowest BCUT2D eigenvalue weighted by Gasteiger charge is -2.10. The summed E-state index contributed by atoms with van der Waals surface area (Å²) in [5.41, 5.74) is -10.2. The molecule has 60 heavy (non-hydrogen) atoms. The van der Waals surface area contributed by atoms with Gasteiger partial charge in [-0.3, -0.25) is 0 Å². The molecule has 0 unspecified atom stereocenters. The van der Waals surface area contributed by atoms with Crippen LogP contribution in [0, 0.1) is 70.3 Å². The maximum Gasteiger partial charge on any atom is 0.249 e. The fourth-order valence-electron chi connectivity index (χ4n) is 6.94. The summed E-state index contributed by atoms with van der Waals surface area (Å²) in [6, 6.07) is 4.36. The molecule has 2 N–H and O–H groups in total. The van der Waals surface area contributed by atoms with Gasteiger partial charge in [0.05, 0.1) is 69.8 Å². The highest BCUT2D eigenvalue weighted by molar-refractivity contribution is 6.00. The quantitative estimate of drug-likeness (QED) is 0.135. The van der Waals surface area contributed by atoms with Gasteiger partial charge in [-0.2, -0.15) is 17.6 Å². The fourth-order valence-corrected chi connectivity index (χ4v) is 6.94. The number of hydrogen-bond acceptors (Lipinski definition) is 6. The predicted octanol–water partition coefficient (Wildman–Crippen LogP) is 10.6. The lowest BCUT2D eigenvalue weighted by Crippen LogP contribution is -2.01. The molecule has 298 valence electrons. The maximum absolute atomic E-state index is 15.7. The van der Waals surface area contributed by atoms with Crippen LogP contribution in [0.1, 0.15) is 22.8 Å². The van der Waals surface area contributed by atoms with Crippen molar-refractivity contribution in [2.24, 2.45) is 0 Å². The molecule has 0 aromatic carbocycles. The van der Waals surface area contributed by atoms with Gasteiger partial charge >= 0.3 is 0 Å². The van der Waals surface area contributed by atoms with Gasteiger partial charge in [0, 0.05) is 44.3 Å². The van der Waals surface area contributed by atoms with E-state index in [1.807, 2.05) is 0 Å². The molecule has 7 aromatic rings. The summed E-state index contributed by atoms with van der Waals surface area (Å²) in [6.07, 6.45) is 5.59. The van der Waals surface area contributed by atoms with Crippen molar-refractivity contribution in [1.29, 1.82) is 0 Å². The number of H-pyrrole nitrogens is 2. The smallest absolute Gasteiger partial charge is 0.249 e. The molecule has 7 aromatic heterocycles. The van der Waals surface area contributed by atoms with E-state index in [0.717, 1.165) is 48.6 Å². The first-order chi connectivity index (χ1) is 28.7. The number of halogens is 12. The average molecular weight is 835 g/mol. The van der Waals surface area contributed by atoms with Crippen molar-refractivity contribution in [3.8, 4) is 44.5 Å². The van der Waals surface area contributed by atoms with Gasteiger partial charge in [-0.1, -0.05) is 0 Å². The Morgan fingerprint density at radius 2 is 0.517 bits per heavy atom. The van der Waals surface area contributed by atoms with E-state index >= 15 is 35.1 Å². The van der Waals surface area contributed by atoms with Crippen LogP contribution in [0.2, 0.25) is 0 Å². The molecule has 9 rings (SSSR count). The predicted molar refractivity (Wildman–Crippen MR) is 191 cm³/mol. The van der Waals surface area contributed by atoms with Gasteiger partial charge in [0.2, 0.25) is 23.8 Å².